The normalized spacial score (nSPS) is 12.3. The molecule has 5 nitrogen and oxygen atoms in total. The van der Waals surface area contributed by atoms with E-state index in [1.165, 1.54) is 11.1 Å². The Kier molecular flexibility index (Phi) is 9.49. The maximum Gasteiger partial charge on any atom is 0.240 e. The lowest BCUT2D eigenvalue weighted by molar-refractivity contribution is 0.733. The second kappa shape index (κ2) is 14.2. The average Bonchev–Trinajstić information content (AvgIpc) is 3.13. The average molecular weight is 604 g/mol. The molecule has 1 aromatic heterocycles. The van der Waals surface area contributed by atoms with E-state index in [9.17, 15) is 0 Å². The summed E-state index contributed by atoms with van der Waals surface area (Å²) in [5.74, 6) is 2.67. The molecule has 2 atom stereocenters. The van der Waals surface area contributed by atoms with Gasteiger partial charge in [-0.3, -0.25) is 9.80 Å². The van der Waals surface area contributed by atoms with Crippen molar-refractivity contribution >= 4 is 34.6 Å². The van der Waals surface area contributed by atoms with Crippen molar-refractivity contribution < 1.29 is 0 Å². The standard InChI is InChI=1S/C41H41N5/c1-5-30(3)32-22-26-37(27-23-32)45(35-18-12-8-13-19-35)40-42-39(34-16-10-7-11-17-34)43-41(44-40)46(36-20-14-9-15-21-36)38-28-24-33(25-29-38)31(4)6-2/h7-31H,5-6H2,1-4H3. The third kappa shape index (κ3) is 6.69. The van der Waals surface area contributed by atoms with Crippen molar-refractivity contribution in [2.75, 3.05) is 9.80 Å². The molecule has 0 amide bonds. The van der Waals surface area contributed by atoms with E-state index >= 15 is 0 Å². The van der Waals surface area contributed by atoms with Crippen LogP contribution in [0.1, 0.15) is 63.5 Å². The first-order chi connectivity index (χ1) is 22.6. The first kappa shape index (κ1) is 30.7. The van der Waals surface area contributed by atoms with E-state index in [2.05, 4.69) is 110 Å². The first-order valence-corrected chi connectivity index (χ1v) is 16.3. The first-order valence-electron chi connectivity index (χ1n) is 16.3. The quantitative estimate of drug-likeness (QED) is 0.147. The zero-order valence-electron chi connectivity index (χ0n) is 27.1. The second-order valence-corrected chi connectivity index (χ2v) is 11.8. The summed E-state index contributed by atoms with van der Waals surface area (Å²) in [6.45, 7) is 8.98. The number of anilines is 6. The van der Waals surface area contributed by atoms with E-state index < -0.39 is 0 Å². The predicted molar refractivity (Wildman–Crippen MR) is 192 cm³/mol. The minimum atomic E-state index is 0.485. The number of benzene rings is 5. The summed E-state index contributed by atoms with van der Waals surface area (Å²) in [5.41, 5.74) is 7.47. The Labute approximate surface area is 273 Å². The van der Waals surface area contributed by atoms with Gasteiger partial charge >= 0.3 is 0 Å². The SMILES string of the molecule is CCC(C)c1ccc(N(c2ccccc2)c2nc(-c3ccccc3)nc(N(c3ccccc3)c3ccc(C(C)CC)cc3)n2)cc1. The Morgan fingerprint density at radius 3 is 1.15 bits per heavy atom. The van der Waals surface area contributed by atoms with E-state index in [-0.39, 0.29) is 0 Å². The largest absolute Gasteiger partial charge is 0.279 e. The van der Waals surface area contributed by atoms with E-state index in [1.807, 2.05) is 66.7 Å². The summed E-state index contributed by atoms with van der Waals surface area (Å²) < 4.78 is 0. The van der Waals surface area contributed by atoms with E-state index in [1.54, 1.807) is 0 Å². The summed E-state index contributed by atoms with van der Waals surface area (Å²) in [7, 11) is 0. The summed E-state index contributed by atoms with van der Waals surface area (Å²) in [5, 5.41) is 0. The monoisotopic (exact) mass is 603 g/mol. The Hall–Kier alpha value is -5.29. The molecule has 0 spiro atoms. The van der Waals surface area contributed by atoms with E-state index in [0.717, 1.165) is 41.2 Å². The lowest BCUT2D eigenvalue weighted by Gasteiger charge is -2.27. The van der Waals surface area contributed by atoms with Gasteiger partial charge in [-0.25, -0.2) is 0 Å². The third-order valence-corrected chi connectivity index (χ3v) is 8.74. The Balaban J connectivity index is 1.57. The molecule has 0 saturated heterocycles. The number of aromatic nitrogens is 3. The van der Waals surface area contributed by atoms with Crippen LogP contribution in [0.25, 0.3) is 11.4 Å². The van der Waals surface area contributed by atoms with Crippen molar-refractivity contribution in [2.45, 2.75) is 52.4 Å². The highest BCUT2D eigenvalue weighted by atomic mass is 15.3. The van der Waals surface area contributed by atoms with E-state index in [0.29, 0.717) is 29.6 Å². The Bertz CT molecular complexity index is 1710. The van der Waals surface area contributed by atoms with Gasteiger partial charge in [-0.05, 0) is 84.3 Å². The number of rotatable bonds is 11. The van der Waals surface area contributed by atoms with Crippen LogP contribution in [0.2, 0.25) is 0 Å². The summed E-state index contributed by atoms with van der Waals surface area (Å²) in [4.78, 5) is 19.7. The maximum absolute atomic E-state index is 5.24. The molecule has 6 aromatic rings. The van der Waals surface area contributed by atoms with Crippen molar-refractivity contribution in [3.05, 3.63) is 151 Å². The molecule has 0 aliphatic heterocycles. The van der Waals surface area contributed by atoms with E-state index in [4.69, 9.17) is 15.0 Å². The van der Waals surface area contributed by atoms with Crippen LogP contribution in [0.3, 0.4) is 0 Å². The number of hydrogen-bond acceptors (Lipinski definition) is 5. The fourth-order valence-electron chi connectivity index (χ4n) is 5.56. The molecule has 0 saturated carbocycles. The minimum Gasteiger partial charge on any atom is -0.279 e. The molecule has 0 bridgehead atoms. The fraction of sp³-hybridized carbons (Fsp3) is 0.195. The molecule has 0 aliphatic carbocycles. The molecule has 0 N–H and O–H groups in total. The minimum absolute atomic E-state index is 0.485. The van der Waals surface area contributed by atoms with Gasteiger partial charge in [0, 0.05) is 28.3 Å². The Morgan fingerprint density at radius 2 is 0.783 bits per heavy atom. The van der Waals surface area contributed by atoms with Gasteiger partial charge in [-0.15, -0.1) is 0 Å². The summed E-state index contributed by atoms with van der Waals surface area (Å²) in [6, 6.07) is 48.3. The summed E-state index contributed by atoms with van der Waals surface area (Å²) >= 11 is 0. The number of para-hydroxylation sites is 2. The molecular formula is C41H41N5. The van der Waals surface area contributed by atoms with Gasteiger partial charge in [0.15, 0.2) is 5.82 Å². The third-order valence-electron chi connectivity index (χ3n) is 8.74. The zero-order valence-corrected chi connectivity index (χ0v) is 27.1. The van der Waals surface area contributed by atoms with Gasteiger partial charge in [-0.2, -0.15) is 15.0 Å². The maximum atomic E-state index is 5.24. The second-order valence-electron chi connectivity index (χ2n) is 11.8. The highest BCUT2D eigenvalue weighted by Gasteiger charge is 2.23. The van der Waals surface area contributed by atoms with Crippen LogP contribution in [0, 0.1) is 0 Å². The van der Waals surface area contributed by atoms with Gasteiger partial charge in [0.2, 0.25) is 11.9 Å². The van der Waals surface area contributed by atoms with Crippen molar-refractivity contribution in [1.29, 1.82) is 0 Å². The smallest absolute Gasteiger partial charge is 0.240 e. The number of hydrogen-bond donors (Lipinski definition) is 0. The van der Waals surface area contributed by atoms with Crippen LogP contribution in [0.5, 0.6) is 0 Å². The molecule has 0 fully saturated rings. The zero-order chi connectivity index (χ0) is 31.9. The molecule has 5 heteroatoms. The molecule has 6 rings (SSSR count). The Morgan fingerprint density at radius 1 is 0.435 bits per heavy atom. The lowest BCUT2D eigenvalue weighted by Crippen LogP contribution is -2.19. The van der Waals surface area contributed by atoms with Crippen LogP contribution in [0.15, 0.2) is 140 Å². The van der Waals surface area contributed by atoms with Crippen molar-refractivity contribution in [1.82, 2.24) is 15.0 Å². The number of nitrogens with zero attached hydrogens (tertiary/aromatic N) is 5. The van der Waals surface area contributed by atoms with Crippen LogP contribution in [-0.4, -0.2) is 15.0 Å². The van der Waals surface area contributed by atoms with Crippen LogP contribution >= 0.6 is 0 Å². The molecule has 230 valence electrons. The molecule has 2 unspecified atom stereocenters. The lowest BCUT2D eigenvalue weighted by atomic mass is 9.98. The van der Waals surface area contributed by atoms with Gasteiger partial charge in [-0.1, -0.05) is 119 Å². The van der Waals surface area contributed by atoms with Gasteiger partial charge < -0.3 is 0 Å². The topological polar surface area (TPSA) is 45.2 Å². The highest BCUT2D eigenvalue weighted by molar-refractivity contribution is 5.78. The highest BCUT2D eigenvalue weighted by Crippen LogP contribution is 2.38. The molecule has 46 heavy (non-hydrogen) atoms. The van der Waals surface area contributed by atoms with Crippen LogP contribution in [-0.2, 0) is 0 Å². The van der Waals surface area contributed by atoms with Crippen molar-refractivity contribution in [3.63, 3.8) is 0 Å². The van der Waals surface area contributed by atoms with Crippen LogP contribution < -0.4 is 9.80 Å². The predicted octanol–water partition coefficient (Wildman–Crippen LogP) is 11.5. The molecule has 5 aromatic carbocycles. The summed E-state index contributed by atoms with van der Waals surface area (Å²) in [6.07, 6.45) is 2.18. The van der Waals surface area contributed by atoms with Gasteiger partial charge in [0.05, 0.1) is 0 Å². The molecule has 0 aliphatic rings. The molecule has 0 radical (unpaired) electrons. The van der Waals surface area contributed by atoms with Crippen molar-refractivity contribution in [3.8, 4) is 11.4 Å². The van der Waals surface area contributed by atoms with Crippen LogP contribution in [0.4, 0.5) is 34.6 Å². The molecule has 1 heterocycles. The molecular weight excluding hydrogens is 562 g/mol. The van der Waals surface area contributed by atoms with Gasteiger partial charge in [0.1, 0.15) is 0 Å². The van der Waals surface area contributed by atoms with Gasteiger partial charge in [0.25, 0.3) is 0 Å². The van der Waals surface area contributed by atoms with Crippen molar-refractivity contribution in [2.24, 2.45) is 0 Å². The fourth-order valence-corrected chi connectivity index (χ4v) is 5.56.